The zero-order valence-corrected chi connectivity index (χ0v) is 13.0. The maximum atomic E-state index is 11.4. The van der Waals surface area contributed by atoms with E-state index in [1.807, 2.05) is 6.07 Å². The van der Waals surface area contributed by atoms with Gasteiger partial charge in [0.05, 0.1) is 17.2 Å². The average molecular weight is 362 g/mol. The molecule has 0 aliphatic heterocycles. The van der Waals surface area contributed by atoms with E-state index in [4.69, 9.17) is 11.6 Å². The fourth-order valence-electron chi connectivity index (χ4n) is 2.17. The molecule has 3 nitrogen and oxygen atoms in total. The van der Waals surface area contributed by atoms with Crippen LogP contribution in [0.5, 0.6) is 0 Å². The molecule has 0 fully saturated rings. The van der Waals surface area contributed by atoms with Crippen LogP contribution in [0.1, 0.15) is 10.4 Å². The van der Waals surface area contributed by atoms with Gasteiger partial charge in [0.25, 0.3) is 0 Å². The maximum absolute atomic E-state index is 11.4. The van der Waals surface area contributed by atoms with Gasteiger partial charge in [0, 0.05) is 26.0 Å². The summed E-state index contributed by atoms with van der Waals surface area (Å²) in [5, 5.41) is 12.5. The molecule has 0 aliphatic rings. The van der Waals surface area contributed by atoms with Crippen molar-refractivity contribution in [2.24, 2.45) is 0 Å². The first kappa shape index (κ1) is 14.0. The molecule has 5 heteroatoms. The van der Waals surface area contributed by atoms with E-state index in [2.05, 4.69) is 20.9 Å². The summed E-state index contributed by atoms with van der Waals surface area (Å²) in [5.41, 5.74) is 2.00. The molecule has 0 aliphatic carbocycles. The van der Waals surface area contributed by atoms with E-state index < -0.39 is 5.97 Å². The lowest BCUT2D eigenvalue weighted by molar-refractivity contribution is -0.254. The molecule has 0 unspecified atom stereocenters. The molecule has 1 heterocycles. The van der Waals surface area contributed by atoms with E-state index >= 15 is 0 Å². The molecule has 2 aromatic carbocycles. The largest absolute Gasteiger partial charge is 0.545 e. The van der Waals surface area contributed by atoms with Crippen LogP contribution in [0, 0.1) is 0 Å². The van der Waals surface area contributed by atoms with Gasteiger partial charge in [-0.25, -0.2) is 4.98 Å². The van der Waals surface area contributed by atoms with Crippen LogP contribution < -0.4 is 5.11 Å². The van der Waals surface area contributed by atoms with Crippen molar-refractivity contribution >= 4 is 44.4 Å². The number of halogens is 2. The summed E-state index contributed by atoms with van der Waals surface area (Å²) in [4.78, 5) is 15.9. The van der Waals surface area contributed by atoms with Crippen LogP contribution in [0.4, 0.5) is 0 Å². The third-order valence-electron chi connectivity index (χ3n) is 3.11. The molecule has 0 saturated heterocycles. The summed E-state index contributed by atoms with van der Waals surface area (Å²) in [5.74, 6) is -1.23. The second kappa shape index (κ2) is 5.47. The van der Waals surface area contributed by atoms with E-state index in [-0.39, 0.29) is 5.56 Å². The Bertz CT molecular complexity index is 864. The number of rotatable bonds is 2. The van der Waals surface area contributed by atoms with Gasteiger partial charge in [-0.3, -0.25) is 0 Å². The average Bonchev–Trinajstić information content (AvgIpc) is 2.45. The Labute approximate surface area is 134 Å². The third kappa shape index (κ3) is 2.77. The zero-order chi connectivity index (χ0) is 15.0. The lowest BCUT2D eigenvalue weighted by atomic mass is 10.0. The van der Waals surface area contributed by atoms with Gasteiger partial charge in [0.1, 0.15) is 0 Å². The fourth-order valence-corrected chi connectivity index (χ4v) is 2.71. The Morgan fingerprint density at radius 3 is 2.67 bits per heavy atom. The van der Waals surface area contributed by atoms with Gasteiger partial charge in [0.2, 0.25) is 0 Å². The highest BCUT2D eigenvalue weighted by atomic mass is 79.9. The molecule has 0 saturated carbocycles. The van der Waals surface area contributed by atoms with Gasteiger partial charge in [-0.05, 0) is 30.3 Å². The summed E-state index contributed by atoms with van der Waals surface area (Å²) in [7, 11) is 0. The van der Waals surface area contributed by atoms with Crippen LogP contribution in [-0.2, 0) is 0 Å². The third-order valence-corrected chi connectivity index (χ3v) is 3.84. The molecule has 0 bridgehead atoms. The Morgan fingerprint density at radius 2 is 1.95 bits per heavy atom. The lowest BCUT2D eigenvalue weighted by Gasteiger charge is -2.11. The van der Waals surface area contributed by atoms with Gasteiger partial charge in [-0.15, -0.1) is 0 Å². The summed E-state index contributed by atoms with van der Waals surface area (Å²) in [6.45, 7) is 0. The normalized spacial score (nSPS) is 10.8. The van der Waals surface area contributed by atoms with Gasteiger partial charge in [-0.1, -0.05) is 45.7 Å². The number of nitrogens with zero attached hydrogens (tertiary/aromatic N) is 1. The maximum Gasteiger partial charge on any atom is 0.0727 e. The van der Waals surface area contributed by atoms with E-state index in [1.54, 1.807) is 36.4 Å². The summed E-state index contributed by atoms with van der Waals surface area (Å²) >= 11 is 9.34. The first-order chi connectivity index (χ1) is 10.0. The Balaban J connectivity index is 2.32. The highest BCUT2D eigenvalue weighted by Gasteiger charge is 2.09. The minimum absolute atomic E-state index is 0.113. The van der Waals surface area contributed by atoms with Crippen LogP contribution in [0.3, 0.4) is 0 Å². The molecular weight excluding hydrogens is 354 g/mol. The van der Waals surface area contributed by atoms with Crippen molar-refractivity contribution in [2.45, 2.75) is 0 Å². The van der Waals surface area contributed by atoms with Crippen LogP contribution in [0.2, 0.25) is 5.02 Å². The molecule has 0 radical (unpaired) electrons. The number of carboxylic acids is 1. The van der Waals surface area contributed by atoms with Crippen LogP contribution in [0.15, 0.2) is 53.0 Å². The topological polar surface area (TPSA) is 53.0 Å². The van der Waals surface area contributed by atoms with Gasteiger partial charge >= 0.3 is 0 Å². The molecule has 21 heavy (non-hydrogen) atoms. The molecular formula is C16H8BrClNO2-. The van der Waals surface area contributed by atoms with Crippen LogP contribution >= 0.6 is 27.5 Å². The Kier molecular flexibility index (Phi) is 3.66. The van der Waals surface area contributed by atoms with Crippen molar-refractivity contribution in [2.75, 3.05) is 0 Å². The summed E-state index contributed by atoms with van der Waals surface area (Å²) < 4.78 is 0.829. The minimum Gasteiger partial charge on any atom is -0.545 e. The quantitative estimate of drug-likeness (QED) is 0.699. The molecule has 0 atom stereocenters. The zero-order valence-electron chi connectivity index (χ0n) is 10.6. The van der Waals surface area contributed by atoms with Crippen molar-refractivity contribution in [1.82, 2.24) is 4.98 Å². The Hall–Kier alpha value is -1.91. The lowest BCUT2D eigenvalue weighted by Crippen LogP contribution is -2.22. The van der Waals surface area contributed by atoms with E-state index in [9.17, 15) is 9.90 Å². The Morgan fingerprint density at radius 1 is 1.14 bits per heavy atom. The van der Waals surface area contributed by atoms with E-state index in [0.29, 0.717) is 21.6 Å². The fraction of sp³-hybridized carbons (Fsp3) is 0. The second-order valence-electron chi connectivity index (χ2n) is 4.51. The minimum atomic E-state index is -1.23. The summed E-state index contributed by atoms with van der Waals surface area (Å²) in [6, 6.07) is 13.9. The number of pyridine rings is 1. The molecule has 1 aromatic heterocycles. The predicted molar refractivity (Wildman–Crippen MR) is 84.2 cm³/mol. The number of aromatic carboxylic acids is 1. The van der Waals surface area contributed by atoms with Crippen molar-refractivity contribution in [3.63, 3.8) is 0 Å². The number of fused-ring (bicyclic) bond motifs is 1. The smallest absolute Gasteiger partial charge is 0.0727 e. The first-order valence-corrected chi connectivity index (χ1v) is 7.29. The molecule has 0 amide bonds. The highest BCUT2D eigenvalue weighted by molar-refractivity contribution is 9.10. The number of carbonyl (C=O) groups excluding carboxylic acids is 1. The second-order valence-corrected chi connectivity index (χ2v) is 5.87. The number of benzene rings is 2. The number of aromatic nitrogens is 1. The van der Waals surface area contributed by atoms with E-state index in [0.717, 1.165) is 10.0 Å². The number of hydrogen-bond acceptors (Lipinski definition) is 3. The van der Waals surface area contributed by atoms with Crippen LogP contribution in [-0.4, -0.2) is 11.0 Å². The van der Waals surface area contributed by atoms with Crippen molar-refractivity contribution in [1.29, 1.82) is 0 Å². The number of hydrogen-bond donors (Lipinski definition) is 0. The molecule has 3 aromatic rings. The van der Waals surface area contributed by atoms with Crippen molar-refractivity contribution in [3.05, 3.63) is 63.6 Å². The van der Waals surface area contributed by atoms with Gasteiger partial charge in [-0.2, -0.15) is 0 Å². The number of carboxylic acid groups (broad SMARTS) is 1. The molecule has 3 rings (SSSR count). The SMILES string of the molecule is O=C([O-])c1cc(-c2cccc(Cl)c2)nc2cc(Br)ccc12. The van der Waals surface area contributed by atoms with Gasteiger partial charge in [0.15, 0.2) is 0 Å². The van der Waals surface area contributed by atoms with Crippen molar-refractivity contribution in [3.8, 4) is 11.3 Å². The first-order valence-electron chi connectivity index (χ1n) is 6.12. The summed E-state index contributed by atoms with van der Waals surface area (Å²) in [6.07, 6.45) is 0. The molecule has 0 N–H and O–H groups in total. The molecule has 0 spiro atoms. The highest BCUT2D eigenvalue weighted by Crippen LogP contribution is 2.27. The van der Waals surface area contributed by atoms with Gasteiger partial charge < -0.3 is 9.90 Å². The van der Waals surface area contributed by atoms with Crippen molar-refractivity contribution < 1.29 is 9.90 Å². The standard InChI is InChI=1S/C16H9BrClNO2/c17-10-4-5-12-13(16(20)21)8-14(19-15(12)7-10)9-2-1-3-11(18)6-9/h1-8H,(H,20,21)/p-1. The monoisotopic (exact) mass is 360 g/mol. The number of carbonyl (C=O) groups is 1. The van der Waals surface area contributed by atoms with E-state index in [1.165, 1.54) is 6.07 Å². The predicted octanol–water partition coefficient (Wildman–Crippen LogP) is 3.68. The molecule has 104 valence electrons. The van der Waals surface area contributed by atoms with Crippen LogP contribution in [0.25, 0.3) is 22.2 Å².